The Bertz CT molecular complexity index is 586. The van der Waals surface area contributed by atoms with Crippen molar-refractivity contribution in [2.24, 2.45) is 0 Å². The maximum absolute atomic E-state index is 3.64. The molecule has 3 fully saturated rings. The van der Waals surface area contributed by atoms with Gasteiger partial charge in [-0.1, -0.05) is 36.4 Å². The third kappa shape index (κ3) is 1.50. The normalized spacial score (nSPS) is 30.2. The lowest BCUT2D eigenvalue weighted by Gasteiger charge is -2.47. The zero-order valence-corrected chi connectivity index (χ0v) is 10.8. The van der Waals surface area contributed by atoms with E-state index in [4.69, 9.17) is 0 Å². The summed E-state index contributed by atoms with van der Waals surface area (Å²) >= 11 is 0. The predicted octanol–water partition coefficient (Wildman–Crippen LogP) is 3.76. The number of aryl methyl sites for hydroxylation is 1. The average Bonchev–Trinajstić information content (AvgIpc) is 2.39. The van der Waals surface area contributed by atoms with E-state index in [9.17, 15) is 0 Å². The van der Waals surface area contributed by atoms with Crippen molar-refractivity contribution in [1.82, 2.24) is 5.32 Å². The summed E-state index contributed by atoms with van der Waals surface area (Å²) in [5.41, 5.74) is 2.97. The van der Waals surface area contributed by atoms with Gasteiger partial charge in [-0.3, -0.25) is 0 Å². The van der Waals surface area contributed by atoms with Crippen LogP contribution in [0.25, 0.3) is 10.8 Å². The van der Waals surface area contributed by atoms with Crippen LogP contribution >= 0.6 is 0 Å². The Balaban J connectivity index is 1.82. The first-order chi connectivity index (χ1) is 8.81. The van der Waals surface area contributed by atoms with Crippen LogP contribution in [-0.4, -0.2) is 12.1 Å². The summed E-state index contributed by atoms with van der Waals surface area (Å²) in [6.45, 7) is 2.21. The molecule has 2 atom stereocenters. The number of fused-ring (bicyclic) bond motifs is 3. The molecule has 1 nitrogen and oxygen atoms in total. The molecule has 2 aromatic carbocycles. The standard InChI is InChI=1S/C17H19N/c1-11-6-7-16(17-5-3-2-4-15(11)17)12-8-13-10-14(9-12)18-13/h2-7,12-14,18H,8-10H2,1H3. The second kappa shape index (κ2) is 3.83. The summed E-state index contributed by atoms with van der Waals surface area (Å²) in [5, 5.41) is 6.55. The van der Waals surface area contributed by atoms with Crippen molar-refractivity contribution in [2.75, 3.05) is 0 Å². The molecular weight excluding hydrogens is 218 g/mol. The molecule has 18 heavy (non-hydrogen) atoms. The maximum atomic E-state index is 3.64. The molecule has 1 saturated carbocycles. The highest BCUT2D eigenvalue weighted by atomic mass is 15.0. The largest absolute Gasteiger partial charge is 0.311 e. The Morgan fingerprint density at radius 2 is 1.56 bits per heavy atom. The van der Waals surface area contributed by atoms with Crippen molar-refractivity contribution in [3.63, 3.8) is 0 Å². The Morgan fingerprint density at radius 3 is 2.28 bits per heavy atom. The summed E-state index contributed by atoms with van der Waals surface area (Å²) in [6, 6.07) is 15.1. The summed E-state index contributed by atoms with van der Waals surface area (Å²) in [7, 11) is 0. The molecule has 1 heteroatoms. The fourth-order valence-corrected chi connectivity index (χ4v) is 3.85. The van der Waals surface area contributed by atoms with Gasteiger partial charge in [-0.05, 0) is 54.0 Å². The van der Waals surface area contributed by atoms with Crippen molar-refractivity contribution in [3.8, 4) is 0 Å². The number of hydrogen-bond acceptors (Lipinski definition) is 1. The van der Waals surface area contributed by atoms with Gasteiger partial charge in [0.1, 0.15) is 0 Å². The van der Waals surface area contributed by atoms with E-state index < -0.39 is 0 Å². The molecule has 92 valence electrons. The predicted molar refractivity (Wildman–Crippen MR) is 76.0 cm³/mol. The molecule has 2 saturated heterocycles. The number of nitrogens with one attached hydrogen (secondary N) is 1. The third-order valence-corrected chi connectivity index (χ3v) is 4.79. The first-order valence-electron chi connectivity index (χ1n) is 7.05. The van der Waals surface area contributed by atoms with Crippen LogP contribution in [0.4, 0.5) is 0 Å². The lowest BCUT2D eigenvalue weighted by atomic mass is 9.72. The van der Waals surface area contributed by atoms with Gasteiger partial charge in [0, 0.05) is 12.1 Å². The number of hydrogen-bond donors (Lipinski definition) is 1. The van der Waals surface area contributed by atoms with Crippen molar-refractivity contribution < 1.29 is 0 Å². The van der Waals surface area contributed by atoms with Crippen LogP contribution in [-0.2, 0) is 0 Å². The van der Waals surface area contributed by atoms with E-state index >= 15 is 0 Å². The van der Waals surface area contributed by atoms with Crippen LogP contribution in [0.2, 0.25) is 0 Å². The molecule has 5 rings (SSSR count). The van der Waals surface area contributed by atoms with Crippen LogP contribution in [0.5, 0.6) is 0 Å². The van der Waals surface area contributed by atoms with Crippen LogP contribution < -0.4 is 5.32 Å². The van der Waals surface area contributed by atoms with Gasteiger partial charge in [-0.15, -0.1) is 0 Å². The van der Waals surface area contributed by atoms with Gasteiger partial charge in [-0.25, -0.2) is 0 Å². The Kier molecular flexibility index (Phi) is 2.25. The molecule has 2 aromatic rings. The molecule has 2 heterocycles. The summed E-state index contributed by atoms with van der Waals surface area (Å²) in [6.07, 6.45) is 4.05. The minimum absolute atomic E-state index is 0.764. The minimum atomic E-state index is 0.764. The first-order valence-corrected chi connectivity index (χ1v) is 7.05. The molecule has 1 aliphatic carbocycles. The van der Waals surface area contributed by atoms with Gasteiger partial charge in [0.25, 0.3) is 0 Å². The monoisotopic (exact) mass is 237 g/mol. The van der Waals surface area contributed by atoms with Crippen LogP contribution in [0.3, 0.4) is 0 Å². The van der Waals surface area contributed by atoms with E-state index in [0.717, 1.165) is 18.0 Å². The van der Waals surface area contributed by atoms with Crippen LogP contribution in [0, 0.1) is 6.92 Å². The van der Waals surface area contributed by atoms with E-state index in [0.29, 0.717) is 0 Å². The molecule has 0 spiro atoms. The molecule has 2 unspecified atom stereocenters. The number of piperidine rings is 1. The molecule has 3 aliphatic rings. The maximum Gasteiger partial charge on any atom is 0.00903 e. The van der Waals surface area contributed by atoms with E-state index in [-0.39, 0.29) is 0 Å². The van der Waals surface area contributed by atoms with Crippen LogP contribution in [0.1, 0.15) is 36.3 Å². The quantitative estimate of drug-likeness (QED) is 0.796. The fraction of sp³-hybridized carbons (Fsp3) is 0.412. The molecule has 1 N–H and O–H groups in total. The third-order valence-electron chi connectivity index (χ3n) is 4.79. The minimum Gasteiger partial charge on any atom is -0.311 e. The van der Waals surface area contributed by atoms with Gasteiger partial charge >= 0.3 is 0 Å². The Hall–Kier alpha value is -1.34. The van der Waals surface area contributed by atoms with E-state index in [1.165, 1.54) is 35.6 Å². The second-order valence-electron chi connectivity index (χ2n) is 5.98. The molecule has 0 aromatic heterocycles. The highest BCUT2D eigenvalue weighted by molar-refractivity contribution is 5.89. The SMILES string of the molecule is Cc1ccc(C2CC3CC(C2)N3)c2ccccc12. The highest BCUT2D eigenvalue weighted by Gasteiger charge is 2.38. The van der Waals surface area contributed by atoms with Gasteiger partial charge in [0.2, 0.25) is 0 Å². The highest BCUT2D eigenvalue weighted by Crippen LogP contribution is 2.41. The topological polar surface area (TPSA) is 12.0 Å². The number of benzene rings is 2. The van der Waals surface area contributed by atoms with E-state index in [1.807, 2.05) is 0 Å². The fourth-order valence-electron chi connectivity index (χ4n) is 3.85. The smallest absolute Gasteiger partial charge is 0.00903 e. The van der Waals surface area contributed by atoms with Crippen molar-refractivity contribution in [2.45, 2.75) is 44.2 Å². The number of rotatable bonds is 1. The molecule has 2 aliphatic heterocycles. The van der Waals surface area contributed by atoms with Gasteiger partial charge in [-0.2, -0.15) is 0 Å². The van der Waals surface area contributed by atoms with E-state index in [2.05, 4.69) is 48.6 Å². The molecule has 2 bridgehead atoms. The zero-order valence-electron chi connectivity index (χ0n) is 10.8. The Morgan fingerprint density at radius 1 is 0.889 bits per heavy atom. The Labute approximate surface area is 108 Å². The average molecular weight is 237 g/mol. The molecular formula is C17H19N. The summed E-state index contributed by atoms with van der Waals surface area (Å²) in [5.74, 6) is 0.764. The summed E-state index contributed by atoms with van der Waals surface area (Å²) in [4.78, 5) is 0. The summed E-state index contributed by atoms with van der Waals surface area (Å²) < 4.78 is 0. The lowest BCUT2D eigenvalue weighted by Crippen LogP contribution is -2.57. The molecule has 0 amide bonds. The van der Waals surface area contributed by atoms with E-state index in [1.54, 1.807) is 5.56 Å². The second-order valence-corrected chi connectivity index (χ2v) is 5.98. The van der Waals surface area contributed by atoms with Gasteiger partial charge in [0.15, 0.2) is 0 Å². The van der Waals surface area contributed by atoms with Gasteiger partial charge < -0.3 is 5.32 Å². The van der Waals surface area contributed by atoms with Crippen molar-refractivity contribution >= 4 is 10.8 Å². The molecule has 0 radical (unpaired) electrons. The van der Waals surface area contributed by atoms with Crippen LogP contribution in [0.15, 0.2) is 36.4 Å². The zero-order chi connectivity index (χ0) is 12.1. The van der Waals surface area contributed by atoms with Crippen molar-refractivity contribution in [3.05, 3.63) is 47.5 Å². The first kappa shape index (κ1) is 10.6. The van der Waals surface area contributed by atoms with Gasteiger partial charge in [0.05, 0.1) is 0 Å². The lowest BCUT2D eigenvalue weighted by molar-refractivity contribution is 0.162. The van der Waals surface area contributed by atoms with Crippen molar-refractivity contribution in [1.29, 1.82) is 0 Å².